The molecular formula is C26H27N5OS. The van der Waals surface area contributed by atoms with E-state index in [1.165, 1.54) is 23.1 Å². The molecule has 0 spiro atoms. The lowest BCUT2D eigenvalue weighted by Crippen LogP contribution is -2.31. The summed E-state index contributed by atoms with van der Waals surface area (Å²) in [6.07, 6.45) is 4.94. The molecule has 2 aromatic carbocycles. The first kappa shape index (κ1) is 22.8. The van der Waals surface area contributed by atoms with E-state index in [1.54, 1.807) is 18.3 Å². The van der Waals surface area contributed by atoms with Gasteiger partial charge in [-0.1, -0.05) is 12.1 Å². The fourth-order valence-electron chi connectivity index (χ4n) is 3.78. The molecule has 0 radical (unpaired) electrons. The SMILES string of the molecule is Cc1cc(/C=C/C#N)cc(C)c1Oc1ccnc(Nc2ccc(CN3CCSCC3)cc2)n1. The van der Waals surface area contributed by atoms with Crippen molar-refractivity contribution in [2.45, 2.75) is 20.4 Å². The van der Waals surface area contributed by atoms with E-state index >= 15 is 0 Å². The zero-order valence-corrected chi connectivity index (χ0v) is 19.7. The average Bonchev–Trinajstić information content (AvgIpc) is 2.82. The fraction of sp³-hybridized carbons (Fsp3) is 0.269. The summed E-state index contributed by atoms with van der Waals surface area (Å²) in [5.74, 6) is 4.15. The van der Waals surface area contributed by atoms with Crippen LogP contribution in [0.4, 0.5) is 11.6 Å². The molecule has 0 unspecified atom stereocenters. The Morgan fingerprint density at radius 2 is 1.85 bits per heavy atom. The molecule has 1 aliphatic heterocycles. The van der Waals surface area contributed by atoms with Crippen LogP contribution in [0.3, 0.4) is 0 Å². The van der Waals surface area contributed by atoms with E-state index in [2.05, 4.69) is 44.5 Å². The van der Waals surface area contributed by atoms with E-state index in [4.69, 9.17) is 10.00 Å². The Labute approximate surface area is 199 Å². The second-order valence-corrected chi connectivity index (χ2v) is 9.20. The Morgan fingerprint density at radius 1 is 1.12 bits per heavy atom. The van der Waals surface area contributed by atoms with Crippen LogP contribution in [0, 0.1) is 25.2 Å². The summed E-state index contributed by atoms with van der Waals surface area (Å²) in [6.45, 7) is 7.27. The molecule has 1 fully saturated rings. The number of nitrogens with zero attached hydrogens (tertiary/aromatic N) is 4. The Balaban J connectivity index is 1.42. The lowest BCUT2D eigenvalue weighted by atomic mass is 10.1. The van der Waals surface area contributed by atoms with Crippen LogP contribution in [0.2, 0.25) is 0 Å². The molecule has 168 valence electrons. The van der Waals surface area contributed by atoms with E-state index < -0.39 is 0 Å². The van der Waals surface area contributed by atoms with Gasteiger partial charge in [0.1, 0.15) is 5.75 Å². The lowest BCUT2D eigenvalue weighted by molar-refractivity contribution is 0.294. The maximum atomic E-state index is 8.74. The second kappa shape index (κ2) is 11.0. The van der Waals surface area contributed by atoms with Crippen LogP contribution in [-0.2, 0) is 6.54 Å². The van der Waals surface area contributed by atoms with Gasteiger partial charge in [-0.25, -0.2) is 4.98 Å². The number of allylic oxidation sites excluding steroid dienone is 1. The Bertz CT molecular complexity index is 1140. The van der Waals surface area contributed by atoms with Crippen molar-refractivity contribution in [3.63, 3.8) is 0 Å². The molecule has 0 bridgehead atoms. The smallest absolute Gasteiger partial charge is 0.230 e. The van der Waals surface area contributed by atoms with Gasteiger partial charge in [-0.05, 0) is 66.4 Å². The van der Waals surface area contributed by atoms with Crippen LogP contribution in [0.25, 0.3) is 6.08 Å². The highest BCUT2D eigenvalue weighted by atomic mass is 32.2. The summed E-state index contributed by atoms with van der Waals surface area (Å²) in [6, 6.07) is 16.2. The number of hydrogen-bond acceptors (Lipinski definition) is 7. The molecule has 4 rings (SSSR count). The van der Waals surface area contributed by atoms with Crippen LogP contribution in [0.15, 0.2) is 54.7 Å². The molecule has 1 saturated heterocycles. The van der Waals surface area contributed by atoms with Gasteiger partial charge in [-0.3, -0.25) is 4.90 Å². The van der Waals surface area contributed by atoms with Gasteiger partial charge in [0.2, 0.25) is 11.8 Å². The second-order valence-electron chi connectivity index (χ2n) is 7.98. The van der Waals surface area contributed by atoms with Crippen molar-refractivity contribution in [3.8, 4) is 17.7 Å². The average molecular weight is 458 g/mol. The monoisotopic (exact) mass is 457 g/mol. The minimum absolute atomic E-state index is 0.471. The quantitative estimate of drug-likeness (QED) is 0.455. The van der Waals surface area contributed by atoms with Crippen molar-refractivity contribution < 1.29 is 4.74 Å². The molecule has 0 amide bonds. The topological polar surface area (TPSA) is 74.1 Å². The van der Waals surface area contributed by atoms with Gasteiger partial charge in [-0.15, -0.1) is 0 Å². The van der Waals surface area contributed by atoms with Crippen LogP contribution >= 0.6 is 11.8 Å². The van der Waals surface area contributed by atoms with Crippen molar-refractivity contribution in [3.05, 3.63) is 77.0 Å². The number of aryl methyl sites for hydroxylation is 2. The summed E-state index contributed by atoms with van der Waals surface area (Å²) in [5.41, 5.74) is 5.16. The highest BCUT2D eigenvalue weighted by Crippen LogP contribution is 2.30. The minimum Gasteiger partial charge on any atom is -0.438 e. The minimum atomic E-state index is 0.471. The molecule has 2 heterocycles. The van der Waals surface area contributed by atoms with Crippen LogP contribution in [0.5, 0.6) is 11.6 Å². The maximum absolute atomic E-state index is 8.74. The number of aromatic nitrogens is 2. The molecule has 1 aliphatic rings. The van der Waals surface area contributed by atoms with Gasteiger partial charge >= 0.3 is 0 Å². The number of nitrogens with one attached hydrogen (secondary N) is 1. The molecule has 33 heavy (non-hydrogen) atoms. The van der Waals surface area contributed by atoms with Gasteiger partial charge in [0.25, 0.3) is 0 Å². The predicted octanol–water partition coefficient (Wildman–Crippen LogP) is 5.71. The summed E-state index contributed by atoms with van der Waals surface area (Å²) in [5, 5.41) is 12.0. The molecule has 1 aromatic heterocycles. The first-order valence-electron chi connectivity index (χ1n) is 10.9. The molecular weight excluding hydrogens is 430 g/mol. The van der Waals surface area contributed by atoms with E-state index in [0.29, 0.717) is 11.8 Å². The third-order valence-corrected chi connectivity index (χ3v) is 6.33. The molecule has 0 aliphatic carbocycles. The van der Waals surface area contributed by atoms with Gasteiger partial charge in [0.05, 0.1) is 6.07 Å². The van der Waals surface area contributed by atoms with E-state index in [0.717, 1.165) is 47.8 Å². The normalized spacial score (nSPS) is 14.2. The Hall–Kier alpha value is -3.34. The Kier molecular flexibility index (Phi) is 7.61. The molecule has 0 saturated carbocycles. The number of benzene rings is 2. The van der Waals surface area contributed by atoms with Crippen molar-refractivity contribution in [1.29, 1.82) is 5.26 Å². The van der Waals surface area contributed by atoms with E-state index in [1.807, 2.05) is 43.8 Å². The highest BCUT2D eigenvalue weighted by molar-refractivity contribution is 7.99. The zero-order chi connectivity index (χ0) is 23.0. The maximum Gasteiger partial charge on any atom is 0.230 e. The van der Waals surface area contributed by atoms with Crippen LogP contribution in [0.1, 0.15) is 22.3 Å². The largest absolute Gasteiger partial charge is 0.438 e. The van der Waals surface area contributed by atoms with Gasteiger partial charge in [0, 0.05) is 55.2 Å². The fourth-order valence-corrected chi connectivity index (χ4v) is 4.76. The first-order chi connectivity index (χ1) is 16.1. The van der Waals surface area contributed by atoms with Crippen molar-refractivity contribution >= 4 is 29.5 Å². The zero-order valence-electron chi connectivity index (χ0n) is 18.9. The summed E-state index contributed by atoms with van der Waals surface area (Å²) >= 11 is 2.03. The highest BCUT2D eigenvalue weighted by Gasteiger charge is 2.11. The standard InChI is InChI=1S/C26H27N5OS/c1-19-16-22(4-3-10-27)17-20(2)25(19)32-24-9-11-28-26(30-24)29-23-7-5-21(6-8-23)18-31-12-14-33-15-13-31/h3-9,11,16-17H,12-15,18H2,1-2H3,(H,28,29,30)/b4-3+. The first-order valence-corrected chi connectivity index (χ1v) is 12.1. The number of nitriles is 1. The summed E-state index contributed by atoms with van der Waals surface area (Å²) in [4.78, 5) is 11.4. The third kappa shape index (κ3) is 6.35. The molecule has 6 nitrogen and oxygen atoms in total. The number of ether oxygens (including phenoxy) is 1. The van der Waals surface area contributed by atoms with Crippen molar-refractivity contribution in [2.24, 2.45) is 0 Å². The number of anilines is 2. The van der Waals surface area contributed by atoms with E-state index in [9.17, 15) is 0 Å². The molecule has 7 heteroatoms. The molecule has 3 aromatic rings. The van der Waals surface area contributed by atoms with Crippen molar-refractivity contribution in [2.75, 3.05) is 29.9 Å². The van der Waals surface area contributed by atoms with Gasteiger partial charge in [0.15, 0.2) is 0 Å². The lowest BCUT2D eigenvalue weighted by Gasteiger charge is -2.26. The molecule has 0 atom stereocenters. The summed E-state index contributed by atoms with van der Waals surface area (Å²) in [7, 11) is 0. The molecule has 1 N–H and O–H groups in total. The summed E-state index contributed by atoms with van der Waals surface area (Å²) < 4.78 is 6.09. The predicted molar refractivity (Wildman–Crippen MR) is 135 cm³/mol. The third-order valence-electron chi connectivity index (χ3n) is 5.39. The number of hydrogen-bond donors (Lipinski definition) is 1. The van der Waals surface area contributed by atoms with E-state index in [-0.39, 0.29) is 0 Å². The van der Waals surface area contributed by atoms with Gasteiger partial charge in [-0.2, -0.15) is 22.0 Å². The Morgan fingerprint density at radius 3 is 2.55 bits per heavy atom. The van der Waals surface area contributed by atoms with Gasteiger partial charge < -0.3 is 10.1 Å². The van der Waals surface area contributed by atoms with Crippen LogP contribution in [-0.4, -0.2) is 39.5 Å². The van der Waals surface area contributed by atoms with Crippen LogP contribution < -0.4 is 10.1 Å². The number of rotatable bonds is 7. The van der Waals surface area contributed by atoms with Crippen molar-refractivity contribution in [1.82, 2.24) is 14.9 Å². The number of thioether (sulfide) groups is 1.